The highest BCUT2D eigenvalue weighted by Crippen LogP contribution is 2.10. The highest BCUT2D eigenvalue weighted by molar-refractivity contribution is 6.01. The summed E-state index contributed by atoms with van der Waals surface area (Å²) in [4.78, 5) is 36.0. The predicted molar refractivity (Wildman–Crippen MR) is 81.3 cm³/mol. The second-order valence-corrected chi connectivity index (χ2v) is 4.94. The van der Waals surface area contributed by atoms with Crippen LogP contribution in [0.1, 0.15) is 22.8 Å². The number of urea groups is 1. The lowest BCUT2D eigenvalue weighted by atomic mass is 10.1. The van der Waals surface area contributed by atoms with Crippen LogP contribution in [0.25, 0.3) is 0 Å². The van der Waals surface area contributed by atoms with Crippen molar-refractivity contribution in [2.45, 2.75) is 13.5 Å². The van der Waals surface area contributed by atoms with Gasteiger partial charge in [-0.05, 0) is 24.2 Å². The maximum Gasteiger partial charge on any atom is 0.324 e. The Bertz CT molecular complexity index is 540. The number of nitrogens with zero attached hydrogens (tertiary/aromatic N) is 1. The normalized spacial score (nSPS) is 14.1. The third kappa shape index (κ3) is 4.05. The second-order valence-electron chi connectivity index (χ2n) is 4.94. The molecule has 7 heteroatoms. The van der Waals surface area contributed by atoms with Crippen LogP contribution >= 0.6 is 0 Å². The fraction of sp³-hybridized carbons (Fsp3) is 0.400. The number of likely N-dealkylation sites (N-methyl/N-ethyl adjacent to an activating group) is 1. The third-order valence-corrected chi connectivity index (χ3v) is 3.33. The fourth-order valence-corrected chi connectivity index (χ4v) is 2.10. The van der Waals surface area contributed by atoms with Crippen LogP contribution in [0.4, 0.5) is 4.79 Å². The third-order valence-electron chi connectivity index (χ3n) is 3.33. The van der Waals surface area contributed by atoms with Crippen LogP contribution < -0.4 is 16.0 Å². The Kier molecular flexibility index (Phi) is 5.48. The van der Waals surface area contributed by atoms with E-state index in [9.17, 15) is 14.4 Å². The first kappa shape index (κ1) is 16.0. The van der Waals surface area contributed by atoms with Gasteiger partial charge in [0.25, 0.3) is 5.91 Å². The van der Waals surface area contributed by atoms with E-state index in [1.807, 2.05) is 6.92 Å². The van der Waals surface area contributed by atoms with Gasteiger partial charge >= 0.3 is 6.03 Å². The molecule has 2 rings (SSSR count). The number of carbonyl (C=O) groups is 3. The van der Waals surface area contributed by atoms with Gasteiger partial charge < -0.3 is 16.0 Å². The van der Waals surface area contributed by atoms with Crippen molar-refractivity contribution in [2.24, 2.45) is 0 Å². The molecule has 22 heavy (non-hydrogen) atoms. The van der Waals surface area contributed by atoms with E-state index in [0.29, 0.717) is 12.1 Å². The molecular weight excluding hydrogens is 284 g/mol. The van der Waals surface area contributed by atoms with Gasteiger partial charge in [-0.3, -0.25) is 14.5 Å². The van der Waals surface area contributed by atoms with Crippen LogP contribution in [-0.2, 0) is 11.3 Å². The number of benzene rings is 1. The topological polar surface area (TPSA) is 90.5 Å². The molecular formula is C15H20N4O3. The minimum absolute atomic E-state index is 0.0467. The number of hydrogen-bond acceptors (Lipinski definition) is 4. The second kappa shape index (κ2) is 7.56. The average Bonchev–Trinajstić information content (AvgIpc) is 2.84. The SMILES string of the molecule is CCNCCNC(=O)c1ccc(CN2C(=O)CNC2=O)cc1. The summed E-state index contributed by atoms with van der Waals surface area (Å²) in [5, 5.41) is 8.40. The fourth-order valence-electron chi connectivity index (χ4n) is 2.10. The smallest absolute Gasteiger partial charge is 0.324 e. The van der Waals surface area contributed by atoms with Gasteiger partial charge in [-0.25, -0.2) is 4.79 Å². The molecule has 0 aromatic heterocycles. The zero-order chi connectivity index (χ0) is 15.9. The molecule has 1 aromatic rings. The molecule has 0 aliphatic carbocycles. The summed E-state index contributed by atoms with van der Waals surface area (Å²) in [6, 6.07) is 6.50. The average molecular weight is 304 g/mol. The molecule has 1 aliphatic heterocycles. The van der Waals surface area contributed by atoms with Crippen LogP contribution in [0.15, 0.2) is 24.3 Å². The molecule has 0 radical (unpaired) electrons. The van der Waals surface area contributed by atoms with Crippen LogP contribution in [0, 0.1) is 0 Å². The van der Waals surface area contributed by atoms with Gasteiger partial charge in [0.2, 0.25) is 5.91 Å². The Labute approximate surface area is 129 Å². The molecule has 0 atom stereocenters. The van der Waals surface area contributed by atoms with Crippen molar-refractivity contribution in [1.82, 2.24) is 20.9 Å². The molecule has 1 saturated heterocycles. The number of imide groups is 1. The van der Waals surface area contributed by atoms with Crippen molar-refractivity contribution in [3.63, 3.8) is 0 Å². The van der Waals surface area contributed by atoms with E-state index in [1.54, 1.807) is 24.3 Å². The summed E-state index contributed by atoms with van der Waals surface area (Å²) in [5.41, 5.74) is 1.35. The van der Waals surface area contributed by atoms with Crippen LogP contribution in [0.5, 0.6) is 0 Å². The number of carbonyl (C=O) groups excluding carboxylic acids is 3. The molecule has 0 saturated carbocycles. The summed E-state index contributed by atoms with van der Waals surface area (Å²) in [5.74, 6) is -0.380. The number of nitrogens with one attached hydrogen (secondary N) is 3. The van der Waals surface area contributed by atoms with Gasteiger partial charge in [0.15, 0.2) is 0 Å². The maximum absolute atomic E-state index is 11.9. The summed E-state index contributed by atoms with van der Waals surface area (Å²) >= 11 is 0. The van der Waals surface area contributed by atoms with E-state index in [2.05, 4.69) is 16.0 Å². The molecule has 3 N–H and O–H groups in total. The predicted octanol–water partition coefficient (Wildman–Crippen LogP) is 0.0777. The van der Waals surface area contributed by atoms with Gasteiger partial charge in [0.05, 0.1) is 13.1 Å². The standard InChI is InChI=1S/C15H20N4O3/c1-2-16-7-8-17-14(21)12-5-3-11(4-6-12)10-19-13(20)9-18-15(19)22/h3-6,16H,2,7-10H2,1H3,(H,17,21)(H,18,22). The highest BCUT2D eigenvalue weighted by Gasteiger charge is 2.28. The number of rotatable bonds is 7. The van der Waals surface area contributed by atoms with Gasteiger partial charge in [-0.15, -0.1) is 0 Å². The quantitative estimate of drug-likeness (QED) is 0.491. The minimum atomic E-state index is -0.379. The van der Waals surface area contributed by atoms with Crippen molar-refractivity contribution in [3.8, 4) is 0 Å². The molecule has 1 heterocycles. The number of amides is 4. The molecule has 7 nitrogen and oxygen atoms in total. The molecule has 1 aliphatic rings. The van der Waals surface area contributed by atoms with Gasteiger partial charge in [-0.1, -0.05) is 19.1 Å². The first-order valence-corrected chi connectivity index (χ1v) is 7.28. The van der Waals surface area contributed by atoms with E-state index in [0.717, 1.165) is 23.6 Å². The van der Waals surface area contributed by atoms with Crippen molar-refractivity contribution >= 4 is 17.8 Å². The van der Waals surface area contributed by atoms with E-state index in [1.165, 1.54) is 0 Å². The Morgan fingerprint density at radius 3 is 2.55 bits per heavy atom. The molecule has 0 unspecified atom stereocenters. The van der Waals surface area contributed by atoms with Gasteiger partial charge in [0.1, 0.15) is 0 Å². The van der Waals surface area contributed by atoms with Crippen molar-refractivity contribution in [2.75, 3.05) is 26.2 Å². The Hall–Kier alpha value is -2.41. The molecule has 4 amide bonds. The van der Waals surface area contributed by atoms with E-state index >= 15 is 0 Å². The lowest BCUT2D eigenvalue weighted by Gasteiger charge is -2.12. The van der Waals surface area contributed by atoms with E-state index < -0.39 is 0 Å². The minimum Gasteiger partial charge on any atom is -0.351 e. The summed E-state index contributed by atoms with van der Waals surface area (Å²) in [6.45, 7) is 4.43. The van der Waals surface area contributed by atoms with Crippen molar-refractivity contribution < 1.29 is 14.4 Å². The zero-order valence-corrected chi connectivity index (χ0v) is 12.5. The lowest BCUT2D eigenvalue weighted by Crippen LogP contribution is -2.32. The molecule has 1 fully saturated rings. The number of hydrogen-bond donors (Lipinski definition) is 3. The molecule has 118 valence electrons. The van der Waals surface area contributed by atoms with E-state index in [-0.39, 0.29) is 30.9 Å². The Morgan fingerprint density at radius 1 is 1.23 bits per heavy atom. The van der Waals surface area contributed by atoms with Crippen molar-refractivity contribution in [3.05, 3.63) is 35.4 Å². The van der Waals surface area contributed by atoms with Crippen molar-refractivity contribution in [1.29, 1.82) is 0 Å². The van der Waals surface area contributed by atoms with Gasteiger partial charge in [-0.2, -0.15) is 0 Å². The zero-order valence-electron chi connectivity index (χ0n) is 12.5. The van der Waals surface area contributed by atoms with Crippen LogP contribution in [-0.4, -0.2) is 48.9 Å². The van der Waals surface area contributed by atoms with Crippen LogP contribution in [0.2, 0.25) is 0 Å². The van der Waals surface area contributed by atoms with Crippen LogP contribution in [0.3, 0.4) is 0 Å². The Balaban J connectivity index is 1.88. The monoisotopic (exact) mass is 304 g/mol. The first-order valence-electron chi connectivity index (χ1n) is 7.28. The Morgan fingerprint density at radius 2 is 1.95 bits per heavy atom. The lowest BCUT2D eigenvalue weighted by molar-refractivity contribution is -0.125. The molecule has 0 bridgehead atoms. The molecule has 0 spiro atoms. The summed E-state index contributed by atoms with van der Waals surface area (Å²) in [7, 11) is 0. The van der Waals surface area contributed by atoms with Gasteiger partial charge in [0, 0.05) is 18.7 Å². The highest BCUT2D eigenvalue weighted by atomic mass is 16.2. The summed E-state index contributed by atoms with van der Waals surface area (Å²) in [6.07, 6.45) is 0. The maximum atomic E-state index is 11.9. The largest absolute Gasteiger partial charge is 0.351 e. The van der Waals surface area contributed by atoms with E-state index in [4.69, 9.17) is 0 Å². The summed E-state index contributed by atoms with van der Waals surface area (Å²) < 4.78 is 0. The molecule has 1 aromatic carbocycles. The first-order chi connectivity index (χ1) is 10.6.